The lowest BCUT2D eigenvalue weighted by Gasteiger charge is -2.29. The fourth-order valence-corrected chi connectivity index (χ4v) is 2.34. The molecule has 0 saturated heterocycles. The van der Waals surface area contributed by atoms with Crippen molar-refractivity contribution in [3.05, 3.63) is 11.4 Å². The zero-order valence-corrected chi connectivity index (χ0v) is 14.4. The molecule has 0 fully saturated rings. The minimum Gasteiger partial charge on any atom is -0.369 e. The Morgan fingerprint density at radius 2 is 1.76 bits per heavy atom. The molecule has 1 aromatic heterocycles. The molecule has 120 valence electrons. The van der Waals surface area contributed by atoms with E-state index in [1.54, 1.807) is 0 Å². The molecule has 0 aliphatic rings. The van der Waals surface area contributed by atoms with Crippen molar-refractivity contribution in [3.63, 3.8) is 0 Å². The molecule has 0 amide bonds. The Hall–Kier alpha value is -1.40. The molecule has 0 saturated carbocycles. The number of nitrogen functional groups attached to an aromatic ring is 1. The molecule has 0 aliphatic heterocycles. The fourth-order valence-electron chi connectivity index (χ4n) is 2.34. The van der Waals surface area contributed by atoms with Crippen LogP contribution in [0.4, 0.5) is 11.6 Å². The van der Waals surface area contributed by atoms with Crippen molar-refractivity contribution >= 4 is 11.6 Å². The highest BCUT2D eigenvalue weighted by atomic mass is 15.3. The fraction of sp³-hybridized carbons (Fsp3) is 0.733. The Kier molecular flexibility index (Phi) is 5.92. The first-order valence-corrected chi connectivity index (χ1v) is 7.40. The molecule has 21 heavy (non-hydrogen) atoms. The second kappa shape index (κ2) is 7.04. The van der Waals surface area contributed by atoms with Crippen LogP contribution in [0.1, 0.15) is 45.0 Å². The Morgan fingerprint density at radius 1 is 1.19 bits per heavy atom. The van der Waals surface area contributed by atoms with E-state index in [2.05, 4.69) is 67.4 Å². The Morgan fingerprint density at radius 3 is 2.24 bits per heavy atom. The van der Waals surface area contributed by atoms with E-state index in [0.717, 1.165) is 30.3 Å². The number of nitrogens with one attached hydrogen (secondary N) is 2. The Bertz CT molecular complexity index is 467. The summed E-state index contributed by atoms with van der Waals surface area (Å²) in [5, 5.41) is 3.46. The maximum Gasteiger partial charge on any atom is 0.148 e. The molecule has 4 N–H and O–H groups in total. The van der Waals surface area contributed by atoms with Crippen LogP contribution < -0.4 is 16.6 Å². The van der Waals surface area contributed by atoms with E-state index in [0.29, 0.717) is 5.82 Å². The molecule has 0 bridgehead atoms. The van der Waals surface area contributed by atoms with Crippen LogP contribution in [0.15, 0.2) is 0 Å². The van der Waals surface area contributed by atoms with Gasteiger partial charge in [-0.3, -0.25) is 0 Å². The van der Waals surface area contributed by atoms with Crippen molar-refractivity contribution in [3.8, 4) is 0 Å². The summed E-state index contributed by atoms with van der Waals surface area (Å²) in [5.41, 5.74) is 3.76. The van der Waals surface area contributed by atoms with Crippen molar-refractivity contribution in [1.29, 1.82) is 0 Å². The average molecular weight is 294 g/mol. The SMILES string of the molecule is Cc1c(NN)nc(C(C)C)nc1NCC(C)(C)CN(C)C. The van der Waals surface area contributed by atoms with Gasteiger partial charge >= 0.3 is 0 Å². The van der Waals surface area contributed by atoms with Crippen LogP contribution in [0.5, 0.6) is 0 Å². The van der Waals surface area contributed by atoms with Crippen LogP contribution in [0.25, 0.3) is 0 Å². The summed E-state index contributed by atoms with van der Waals surface area (Å²) < 4.78 is 0. The summed E-state index contributed by atoms with van der Waals surface area (Å²) in [5.74, 6) is 8.15. The van der Waals surface area contributed by atoms with E-state index < -0.39 is 0 Å². The van der Waals surface area contributed by atoms with Crippen molar-refractivity contribution < 1.29 is 0 Å². The summed E-state index contributed by atoms with van der Waals surface area (Å²) in [6.45, 7) is 12.4. The van der Waals surface area contributed by atoms with Gasteiger partial charge < -0.3 is 15.6 Å². The van der Waals surface area contributed by atoms with Gasteiger partial charge in [0.1, 0.15) is 17.5 Å². The number of aromatic nitrogens is 2. The lowest BCUT2D eigenvalue weighted by Crippen LogP contribution is -2.34. The van der Waals surface area contributed by atoms with Gasteiger partial charge in [0.15, 0.2) is 0 Å². The average Bonchev–Trinajstić information content (AvgIpc) is 2.35. The minimum absolute atomic E-state index is 0.148. The molecule has 1 aromatic rings. The van der Waals surface area contributed by atoms with Gasteiger partial charge in [-0.05, 0) is 26.4 Å². The van der Waals surface area contributed by atoms with Crippen LogP contribution in [-0.4, -0.2) is 42.1 Å². The van der Waals surface area contributed by atoms with Gasteiger partial charge in [-0.1, -0.05) is 27.7 Å². The first-order chi connectivity index (χ1) is 9.66. The smallest absolute Gasteiger partial charge is 0.148 e. The monoisotopic (exact) mass is 294 g/mol. The Labute approximate surface area is 128 Å². The molecular formula is C15H30N6. The maximum absolute atomic E-state index is 5.56. The van der Waals surface area contributed by atoms with E-state index in [9.17, 15) is 0 Å². The number of hydrogen-bond acceptors (Lipinski definition) is 6. The molecule has 0 aromatic carbocycles. The number of anilines is 2. The first kappa shape index (κ1) is 17.7. The van der Waals surface area contributed by atoms with Crippen LogP contribution >= 0.6 is 0 Å². The lowest BCUT2D eigenvalue weighted by molar-refractivity contribution is 0.254. The molecule has 0 spiro atoms. The second-order valence-corrected chi connectivity index (χ2v) is 6.96. The number of nitrogens with two attached hydrogens (primary N) is 1. The normalized spacial score (nSPS) is 12.1. The van der Waals surface area contributed by atoms with Crippen molar-refractivity contribution in [2.24, 2.45) is 11.3 Å². The van der Waals surface area contributed by atoms with Gasteiger partial charge in [-0.2, -0.15) is 0 Å². The van der Waals surface area contributed by atoms with Crippen LogP contribution in [-0.2, 0) is 0 Å². The van der Waals surface area contributed by atoms with Gasteiger partial charge in [0.2, 0.25) is 0 Å². The largest absolute Gasteiger partial charge is 0.369 e. The predicted octanol–water partition coefficient (Wildman–Crippen LogP) is 2.19. The first-order valence-electron chi connectivity index (χ1n) is 7.40. The molecule has 6 nitrogen and oxygen atoms in total. The number of hydrazine groups is 1. The molecule has 1 rings (SSSR count). The molecule has 0 atom stereocenters. The van der Waals surface area contributed by atoms with Crippen molar-refractivity contribution in [2.45, 2.75) is 40.5 Å². The highest BCUT2D eigenvalue weighted by Crippen LogP contribution is 2.24. The summed E-state index contributed by atoms with van der Waals surface area (Å²) in [6.07, 6.45) is 0. The van der Waals surface area contributed by atoms with Gasteiger partial charge in [0, 0.05) is 24.6 Å². The maximum atomic E-state index is 5.56. The van der Waals surface area contributed by atoms with Gasteiger partial charge in [-0.15, -0.1) is 0 Å². The molecule has 6 heteroatoms. The lowest BCUT2D eigenvalue weighted by atomic mass is 9.93. The number of nitrogens with zero attached hydrogens (tertiary/aromatic N) is 3. The highest BCUT2D eigenvalue weighted by Gasteiger charge is 2.20. The summed E-state index contributed by atoms with van der Waals surface area (Å²) in [7, 11) is 4.18. The summed E-state index contributed by atoms with van der Waals surface area (Å²) in [6, 6.07) is 0. The molecular weight excluding hydrogens is 264 g/mol. The third-order valence-electron chi connectivity index (χ3n) is 3.29. The standard InChI is InChI=1S/C15H30N6/c1-10(2)12-18-13(11(3)14(19-12)20-16)17-8-15(4,5)9-21(6)7/h10H,8-9,16H2,1-7H3,(H2,17,18,19,20). The van der Waals surface area contributed by atoms with Crippen LogP contribution in [0.2, 0.25) is 0 Å². The quantitative estimate of drug-likeness (QED) is 0.528. The molecule has 1 heterocycles. The van der Waals surface area contributed by atoms with E-state index in [1.807, 2.05) is 6.92 Å². The second-order valence-electron chi connectivity index (χ2n) is 6.96. The van der Waals surface area contributed by atoms with Crippen LogP contribution in [0, 0.1) is 12.3 Å². The minimum atomic E-state index is 0.148. The topological polar surface area (TPSA) is 79.1 Å². The van der Waals surface area contributed by atoms with Gasteiger partial charge in [-0.25, -0.2) is 15.8 Å². The van der Waals surface area contributed by atoms with Gasteiger partial charge in [0.25, 0.3) is 0 Å². The van der Waals surface area contributed by atoms with E-state index in [-0.39, 0.29) is 11.3 Å². The molecule has 0 aliphatic carbocycles. The number of rotatable bonds is 7. The van der Waals surface area contributed by atoms with E-state index in [4.69, 9.17) is 5.84 Å². The predicted molar refractivity (Wildman–Crippen MR) is 89.5 cm³/mol. The summed E-state index contributed by atoms with van der Waals surface area (Å²) >= 11 is 0. The van der Waals surface area contributed by atoms with Gasteiger partial charge in [0.05, 0.1) is 0 Å². The third-order valence-corrected chi connectivity index (χ3v) is 3.29. The zero-order chi connectivity index (χ0) is 16.2. The molecule has 0 unspecified atom stereocenters. The third kappa shape index (κ3) is 5.13. The van der Waals surface area contributed by atoms with Crippen LogP contribution in [0.3, 0.4) is 0 Å². The van der Waals surface area contributed by atoms with E-state index in [1.165, 1.54) is 0 Å². The van der Waals surface area contributed by atoms with Crippen molar-refractivity contribution in [2.75, 3.05) is 37.9 Å². The summed E-state index contributed by atoms with van der Waals surface area (Å²) in [4.78, 5) is 11.3. The number of hydrogen-bond donors (Lipinski definition) is 3. The zero-order valence-electron chi connectivity index (χ0n) is 14.4. The van der Waals surface area contributed by atoms with E-state index >= 15 is 0 Å². The highest BCUT2D eigenvalue weighted by molar-refractivity contribution is 5.57. The van der Waals surface area contributed by atoms with Crippen molar-refractivity contribution in [1.82, 2.24) is 14.9 Å². The Balaban J connectivity index is 2.94. The molecule has 0 radical (unpaired) electrons.